The molecule has 210 valence electrons. The van der Waals surface area contributed by atoms with Gasteiger partial charge >= 0.3 is 0 Å². The van der Waals surface area contributed by atoms with Gasteiger partial charge in [0.05, 0.1) is 12.1 Å². The summed E-state index contributed by atoms with van der Waals surface area (Å²) in [7, 11) is -2.01. The predicted octanol–water partition coefficient (Wildman–Crippen LogP) is 8.55. The molecule has 1 aliphatic rings. The van der Waals surface area contributed by atoms with Crippen molar-refractivity contribution in [3.05, 3.63) is 36.0 Å². The van der Waals surface area contributed by atoms with Crippen molar-refractivity contribution >= 4 is 14.2 Å². The highest BCUT2D eigenvalue weighted by atomic mass is 28.4. The van der Waals surface area contributed by atoms with Gasteiger partial charge in [-0.05, 0) is 75.9 Å². The second-order valence-electron chi connectivity index (χ2n) is 13.6. The lowest BCUT2D eigenvalue weighted by Crippen LogP contribution is -2.53. The van der Waals surface area contributed by atoms with E-state index in [1.165, 1.54) is 5.57 Å². The first-order valence-corrected chi connectivity index (χ1v) is 17.2. The van der Waals surface area contributed by atoms with E-state index in [9.17, 15) is 4.79 Å². The van der Waals surface area contributed by atoms with E-state index >= 15 is 0 Å². The molecule has 0 saturated carbocycles. The van der Waals surface area contributed by atoms with Crippen LogP contribution in [0.1, 0.15) is 89.5 Å². The molecule has 1 rings (SSSR count). The van der Waals surface area contributed by atoms with Crippen molar-refractivity contribution in [3.63, 3.8) is 0 Å². The molecule has 0 spiro atoms. The van der Waals surface area contributed by atoms with Crippen molar-refractivity contribution in [2.75, 3.05) is 0 Å². The lowest BCUT2D eigenvalue weighted by atomic mass is 9.68. The summed E-state index contributed by atoms with van der Waals surface area (Å²) < 4.78 is 6.95. The quantitative estimate of drug-likeness (QED) is 0.134. The van der Waals surface area contributed by atoms with Gasteiger partial charge in [0.1, 0.15) is 0 Å². The first-order chi connectivity index (χ1) is 16.8. The van der Waals surface area contributed by atoms with Crippen molar-refractivity contribution in [2.24, 2.45) is 35.0 Å². The van der Waals surface area contributed by atoms with Gasteiger partial charge in [-0.2, -0.15) is 0 Å². The summed E-state index contributed by atoms with van der Waals surface area (Å²) in [6.45, 7) is 30.7. The molecule has 0 aliphatic heterocycles. The Morgan fingerprint density at radius 2 is 1.73 bits per heavy atom. The molecular weight excluding hydrogens is 470 g/mol. The lowest BCUT2D eigenvalue weighted by molar-refractivity contribution is -0.120. The van der Waals surface area contributed by atoms with E-state index in [-0.39, 0.29) is 34.4 Å². The molecule has 1 aliphatic carbocycles. The molecule has 0 unspecified atom stereocenters. The Balaban J connectivity index is 3.11. The summed E-state index contributed by atoms with van der Waals surface area (Å²) in [5.74, 6) is 8.60. The van der Waals surface area contributed by atoms with Gasteiger partial charge in [-0.1, -0.05) is 90.3 Å². The third kappa shape index (κ3) is 9.59. The van der Waals surface area contributed by atoms with Crippen LogP contribution in [-0.4, -0.2) is 26.4 Å². The monoisotopic (exact) mass is 527 g/mol. The van der Waals surface area contributed by atoms with Crippen LogP contribution in [0.5, 0.6) is 0 Å². The summed E-state index contributed by atoms with van der Waals surface area (Å²) in [5.41, 5.74) is 1.26. The van der Waals surface area contributed by atoms with Crippen LogP contribution >= 0.6 is 0 Å². The molecule has 0 radical (unpaired) electrons. The predicted molar refractivity (Wildman–Crippen MR) is 164 cm³/mol. The fraction of sp³-hybridized carbons (Fsp3) is 0.727. The highest BCUT2D eigenvalue weighted by Gasteiger charge is 2.42. The average Bonchev–Trinajstić information content (AvgIpc) is 2.75. The molecule has 4 heteroatoms. The van der Waals surface area contributed by atoms with Gasteiger partial charge in [-0.3, -0.25) is 4.79 Å². The van der Waals surface area contributed by atoms with Crippen molar-refractivity contribution in [2.45, 2.75) is 120 Å². The van der Waals surface area contributed by atoms with Gasteiger partial charge in [0.25, 0.3) is 0 Å². The van der Waals surface area contributed by atoms with E-state index in [1.54, 1.807) is 6.92 Å². The Morgan fingerprint density at radius 3 is 2.24 bits per heavy atom. The van der Waals surface area contributed by atoms with Crippen LogP contribution in [0, 0.1) is 46.8 Å². The molecule has 0 aromatic carbocycles. The minimum absolute atomic E-state index is 0.00388. The second kappa shape index (κ2) is 13.5. The van der Waals surface area contributed by atoms with Crippen LogP contribution in [0.15, 0.2) is 36.0 Å². The summed E-state index contributed by atoms with van der Waals surface area (Å²) >= 11 is 0. The van der Waals surface area contributed by atoms with Gasteiger partial charge in [0, 0.05) is 18.3 Å². The molecule has 0 saturated heterocycles. The van der Waals surface area contributed by atoms with Crippen molar-refractivity contribution in [1.29, 1.82) is 0 Å². The van der Waals surface area contributed by atoms with Gasteiger partial charge in [0.15, 0.2) is 8.32 Å². The molecule has 37 heavy (non-hydrogen) atoms. The average molecular weight is 528 g/mol. The second-order valence-corrected chi connectivity index (χ2v) is 18.3. The van der Waals surface area contributed by atoms with Crippen LogP contribution < -0.4 is 5.32 Å². The Hall–Kier alpha value is -1.57. The highest BCUT2D eigenvalue weighted by molar-refractivity contribution is 6.74. The number of hydrogen-bond donors (Lipinski definition) is 1. The Morgan fingerprint density at radius 1 is 1.14 bits per heavy atom. The van der Waals surface area contributed by atoms with Crippen LogP contribution in [-0.2, 0) is 9.22 Å². The zero-order valence-electron chi connectivity index (χ0n) is 26.5. The number of rotatable bonds is 10. The highest BCUT2D eigenvalue weighted by Crippen LogP contribution is 2.41. The maximum Gasteiger partial charge on any atom is 0.217 e. The summed E-state index contributed by atoms with van der Waals surface area (Å²) in [4.78, 5) is 11.9. The molecular formula is C33H57NO2Si. The molecule has 0 bridgehead atoms. The number of carbonyl (C=O) groups is 1. The smallest absolute Gasteiger partial charge is 0.217 e. The van der Waals surface area contributed by atoms with Crippen LogP contribution in [0.2, 0.25) is 18.1 Å². The van der Waals surface area contributed by atoms with E-state index in [0.717, 1.165) is 6.42 Å². The molecule has 0 aromatic heterocycles. The topological polar surface area (TPSA) is 38.3 Å². The molecule has 1 amide bonds. The zero-order valence-corrected chi connectivity index (χ0v) is 27.5. The molecule has 1 N–H and O–H groups in total. The van der Waals surface area contributed by atoms with Crippen LogP contribution in [0.4, 0.5) is 0 Å². The van der Waals surface area contributed by atoms with Gasteiger partial charge in [0.2, 0.25) is 5.91 Å². The lowest BCUT2D eigenvalue weighted by Gasteiger charge is -2.44. The summed E-state index contributed by atoms with van der Waals surface area (Å²) in [6.07, 6.45) is 12.7. The standard InChI is InChI=1S/C33H57NO2Si/c1-15-20-33(12)22-24(3)17-19-30(33)21-23(2)16-18-25(4)26(5)27(6)31(28(7)34-29(8)35)36-37(13,14)32(9,10)11/h16-19,21,24-28,30-31H,22H2,1-14H3,(H,34,35)/b18-16+,23-21+/t24-,25-,26-,27+,28-,30-,31+,33-/m1/s1. The Bertz CT molecular complexity index is 913. The summed E-state index contributed by atoms with van der Waals surface area (Å²) in [6, 6.07) is -0.0419. The van der Waals surface area contributed by atoms with Gasteiger partial charge < -0.3 is 9.74 Å². The maximum atomic E-state index is 11.9. The largest absolute Gasteiger partial charge is 0.412 e. The number of amides is 1. The van der Waals surface area contributed by atoms with E-state index in [2.05, 4.69) is 130 Å². The fourth-order valence-electron chi connectivity index (χ4n) is 5.23. The third-order valence-electron chi connectivity index (χ3n) is 8.98. The van der Waals surface area contributed by atoms with Gasteiger partial charge in [-0.15, -0.1) is 5.92 Å². The Labute approximate surface area is 231 Å². The van der Waals surface area contributed by atoms with E-state index < -0.39 is 8.32 Å². The number of hydrogen-bond acceptors (Lipinski definition) is 2. The molecule has 0 aromatic rings. The van der Waals surface area contributed by atoms with E-state index in [1.807, 2.05) is 6.92 Å². The minimum Gasteiger partial charge on any atom is -0.412 e. The maximum absolute atomic E-state index is 11.9. The first kappa shape index (κ1) is 33.5. The fourth-order valence-corrected chi connectivity index (χ4v) is 6.69. The molecule has 0 fully saturated rings. The number of nitrogens with one attached hydrogen (secondary N) is 1. The normalized spacial score (nSPS) is 27.1. The number of allylic oxidation sites excluding steroid dienone is 6. The van der Waals surface area contributed by atoms with E-state index in [4.69, 9.17) is 4.43 Å². The third-order valence-corrected chi connectivity index (χ3v) is 13.5. The number of carbonyl (C=O) groups excluding carboxylic acids is 1. The SMILES string of the molecule is CC#C[C@]1(C)C[C@H](C)C=C[C@@H]1/C=C(C)/C=C/[C@@H](C)[C@@H](C)[C@H](C)[C@H](O[Si](C)(C)C(C)(C)C)[C@@H](C)NC(C)=O. The molecule has 0 heterocycles. The van der Waals surface area contributed by atoms with E-state index in [0.29, 0.717) is 23.7 Å². The van der Waals surface area contributed by atoms with Crippen LogP contribution in [0.25, 0.3) is 0 Å². The summed E-state index contributed by atoms with van der Waals surface area (Å²) in [5, 5.41) is 3.23. The minimum atomic E-state index is -2.01. The molecule has 3 nitrogen and oxygen atoms in total. The zero-order chi connectivity index (χ0) is 28.8. The van der Waals surface area contributed by atoms with Crippen molar-refractivity contribution in [1.82, 2.24) is 5.32 Å². The Kier molecular flexibility index (Phi) is 12.2. The van der Waals surface area contributed by atoms with Crippen LogP contribution in [0.3, 0.4) is 0 Å². The van der Waals surface area contributed by atoms with Gasteiger partial charge in [-0.25, -0.2) is 0 Å². The molecule has 8 atom stereocenters. The van der Waals surface area contributed by atoms with Crippen molar-refractivity contribution in [3.8, 4) is 11.8 Å². The van der Waals surface area contributed by atoms with Crippen molar-refractivity contribution < 1.29 is 9.22 Å². The first-order valence-electron chi connectivity index (χ1n) is 14.3.